The maximum absolute atomic E-state index is 12.0. The van der Waals surface area contributed by atoms with E-state index in [0.717, 1.165) is 0 Å². The van der Waals surface area contributed by atoms with E-state index in [4.69, 9.17) is 22.1 Å². The highest BCUT2D eigenvalue weighted by Gasteiger charge is 2.27. The molecule has 0 spiro atoms. The molecule has 6 nitrogen and oxygen atoms in total. The van der Waals surface area contributed by atoms with Gasteiger partial charge < -0.3 is 15.4 Å². The Balaban J connectivity index is 1.87. The molecule has 1 saturated heterocycles. The highest BCUT2D eigenvalue weighted by Crippen LogP contribution is 2.16. The number of likely N-dealkylation sites (tertiary alicyclic amines) is 1. The zero-order chi connectivity index (χ0) is 16.1. The van der Waals surface area contributed by atoms with Gasteiger partial charge in [0.15, 0.2) is 6.61 Å². The van der Waals surface area contributed by atoms with Crippen LogP contribution in [-0.4, -0.2) is 42.4 Å². The summed E-state index contributed by atoms with van der Waals surface area (Å²) >= 11 is 5.79. The first kappa shape index (κ1) is 16.3. The Bertz CT molecular complexity index is 591. The quantitative estimate of drug-likeness (QED) is 0.843. The summed E-state index contributed by atoms with van der Waals surface area (Å²) in [6.45, 7) is 0.455. The van der Waals surface area contributed by atoms with Gasteiger partial charge in [0.05, 0.1) is 11.5 Å². The van der Waals surface area contributed by atoms with Gasteiger partial charge in [-0.25, -0.2) is 4.79 Å². The van der Waals surface area contributed by atoms with Gasteiger partial charge >= 0.3 is 5.97 Å². The lowest BCUT2D eigenvalue weighted by atomic mass is 9.97. The van der Waals surface area contributed by atoms with Gasteiger partial charge in [-0.3, -0.25) is 9.59 Å². The number of halogens is 1. The molecule has 0 radical (unpaired) electrons. The molecule has 0 bridgehead atoms. The predicted molar refractivity (Wildman–Crippen MR) is 80.2 cm³/mol. The molecule has 2 amide bonds. The summed E-state index contributed by atoms with van der Waals surface area (Å²) in [6, 6.07) is 6.30. The summed E-state index contributed by atoms with van der Waals surface area (Å²) in [5.41, 5.74) is 5.55. The number of hydrogen-bond acceptors (Lipinski definition) is 4. The van der Waals surface area contributed by atoms with Gasteiger partial charge in [0, 0.05) is 18.1 Å². The number of ether oxygens (including phenoxy) is 1. The van der Waals surface area contributed by atoms with E-state index in [1.807, 2.05) is 0 Å². The number of carbonyl (C=O) groups excluding carboxylic acids is 3. The molecule has 2 rings (SSSR count). The SMILES string of the molecule is NC(=O)[C@@H]1CCCN(C(=O)COC(=O)c2cccc(Cl)c2)C1. The largest absolute Gasteiger partial charge is 0.452 e. The van der Waals surface area contributed by atoms with Crippen molar-refractivity contribution in [1.29, 1.82) is 0 Å². The Morgan fingerprint density at radius 3 is 2.82 bits per heavy atom. The third-order valence-electron chi connectivity index (χ3n) is 3.56. The summed E-state index contributed by atoms with van der Waals surface area (Å²) in [7, 11) is 0. The van der Waals surface area contributed by atoms with Crippen molar-refractivity contribution < 1.29 is 19.1 Å². The van der Waals surface area contributed by atoms with Gasteiger partial charge in [0.1, 0.15) is 0 Å². The number of rotatable bonds is 4. The first-order valence-electron chi connectivity index (χ1n) is 6.97. The Hall–Kier alpha value is -2.08. The van der Waals surface area contributed by atoms with Crippen LogP contribution in [0.2, 0.25) is 5.02 Å². The molecule has 1 aromatic rings. The van der Waals surface area contributed by atoms with E-state index in [1.165, 1.54) is 11.0 Å². The van der Waals surface area contributed by atoms with Crippen LogP contribution in [0, 0.1) is 5.92 Å². The van der Waals surface area contributed by atoms with Crippen LogP contribution in [0.5, 0.6) is 0 Å². The van der Waals surface area contributed by atoms with E-state index < -0.39 is 11.9 Å². The third-order valence-corrected chi connectivity index (χ3v) is 3.80. The molecule has 118 valence electrons. The highest BCUT2D eigenvalue weighted by atomic mass is 35.5. The molecule has 1 fully saturated rings. The van der Waals surface area contributed by atoms with Gasteiger partial charge in [0.25, 0.3) is 5.91 Å². The summed E-state index contributed by atoms with van der Waals surface area (Å²) < 4.78 is 4.99. The van der Waals surface area contributed by atoms with Crippen LogP contribution >= 0.6 is 11.6 Å². The number of benzene rings is 1. The third kappa shape index (κ3) is 4.21. The maximum atomic E-state index is 12.0. The van der Waals surface area contributed by atoms with Gasteiger partial charge in [-0.2, -0.15) is 0 Å². The molecule has 1 aliphatic heterocycles. The summed E-state index contributed by atoms with van der Waals surface area (Å²) in [4.78, 5) is 36.6. The molecule has 7 heteroatoms. The second-order valence-corrected chi connectivity index (χ2v) is 5.60. The van der Waals surface area contributed by atoms with Crippen molar-refractivity contribution in [1.82, 2.24) is 4.90 Å². The minimum atomic E-state index is -0.612. The van der Waals surface area contributed by atoms with Crippen molar-refractivity contribution in [2.45, 2.75) is 12.8 Å². The number of carbonyl (C=O) groups is 3. The van der Waals surface area contributed by atoms with Crippen molar-refractivity contribution in [3.05, 3.63) is 34.9 Å². The minimum absolute atomic E-state index is 0.281. The number of esters is 1. The van der Waals surface area contributed by atoms with Crippen LogP contribution in [-0.2, 0) is 14.3 Å². The Kier molecular flexibility index (Phi) is 5.38. The van der Waals surface area contributed by atoms with E-state index in [2.05, 4.69) is 0 Å². The fourth-order valence-corrected chi connectivity index (χ4v) is 2.54. The first-order valence-corrected chi connectivity index (χ1v) is 7.35. The van der Waals surface area contributed by atoms with Crippen LogP contribution < -0.4 is 5.73 Å². The fourth-order valence-electron chi connectivity index (χ4n) is 2.35. The molecule has 1 atom stereocenters. The molecular formula is C15H17ClN2O4. The number of primary amides is 1. The number of piperidine rings is 1. The lowest BCUT2D eigenvalue weighted by molar-refractivity contribution is -0.137. The zero-order valence-electron chi connectivity index (χ0n) is 12.0. The monoisotopic (exact) mass is 324 g/mol. The normalized spacial score (nSPS) is 17.9. The summed E-state index contributed by atoms with van der Waals surface area (Å²) in [6.07, 6.45) is 1.39. The van der Waals surface area contributed by atoms with E-state index in [0.29, 0.717) is 24.4 Å². The molecule has 0 saturated carbocycles. The fraction of sp³-hybridized carbons (Fsp3) is 0.400. The number of amides is 2. The molecular weight excluding hydrogens is 308 g/mol. The molecule has 2 N–H and O–H groups in total. The van der Waals surface area contributed by atoms with Crippen molar-refractivity contribution in [2.24, 2.45) is 11.7 Å². The van der Waals surface area contributed by atoms with Crippen molar-refractivity contribution in [3.8, 4) is 0 Å². The van der Waals surface area contributed by atoms with Gasteiger partial charge in [-0.15, -0.1) is 0 Å². The van der Waals surface area contributed by atoms with Crippen LogP contribution in [0.1, 0.15) is 23.2 Å². The second-order valence-electron chi connectivity index (χ2n) is 5.17. The average molecular weight is 325 g/mol. The Morgan fingerprint density at radius 2 is 2.14 bits per heavy atom. The predicted octanol–water partition coefficient (Wildman–Crippen LogP) is 1.22. The van der Waals surface area contributed by atoms with Gasteiger partial charge in [0.2, 0.25) is 5.91 Å². The lowest BCUT2D eigenvalue weighted by Crippen LogP contribution is -2.45. The van der Waals surface area contributed by atoms with E-state index in [9.17, 15) is 14.4 Å². The minimum Gasteiger partial charge on any atom is -0.452 e. The maximum Gasteiger partial charge on any atom is 0.338 e. The van der Waals surface area contributed by atoms with E-state index >= 15 is 0 Å². The highest BCUT2D eigenvalue weighted by molar-refractivity contribution is 6.30. The van der Waals surface area contributed by atoms with Crippen molar-refractivity contribution >= 4 is 29.4 Å². The second kappa shape index (κ2) is 7.26. The molecule has 22 heavy (non-hydrogen) atoms. The topological polar surface area (TPSA) is 89.7 Å². The number of hydrogen-bond donors (Lipinski definition) is 1. The average Bonchev–Trinajstić information content (AvgIpc) is 2.52. The van der Waals surface area contributed by atoms with Crippen LogP contribution in [0.15, 0.2) is 24.3 Å². The molecule has 1 aliphatic rings. The molecule has 0 unspecified atom stereocenters. The Labute approximate surface area is 133 Å². The molecule has 0 aromatic heterocycles. The first-order chi connectivity index (χ1) is 10.5. The van der Waals surface area contributed by atoms with Crippen LogP contribution in [0.3, 0.4) is 0 Å². The van der Waals surface area contributed by atoms with E-state index in [1.54, 1.807) is 18.2 Å². The summed E-state index contributed by atoms with van der Waals surface area (Å²) in [5.74, 6) is -1.68. The number of nitrogens with two attached hydrogens (primary N) is 1. The van der Waals surface area contributed by atoms with Crippen molar-refractivity contribution in [2.75, 3.05) is 19.7 Å². The van der Waals surface area contributed by atoms with Gasteiger partial charge in [-0.05, 0) is 31.0 Å². The van der Waals surface area contributed by atoms with Crippen LogP contribution in [0.4, 0.5) is 0 Å². The zero-order valence-corrected chi connectivity index (χ0v) is 12.7. The van der Waals surface area contributed by atoms with E-state index in [-0.39, 0.29) is 30.5 Å². The standard InChI is InChI=1S/C15H17ClN2O4/c16-12-5-1-3-10(7-12)15(21)22-9-13(19)18-6-2-4-11(8-18)14(17)20/h1,3,5,7,11H,2,4,6,8-9H2,(H2,17,20)/t11-/m1/s1. The lowest BCUT2D eigenvalue weighted by Gasteiger charge is -2.31. The Morgan fingerprint density at radius 1 is 1.36 bits per heavy atom. The van der Waals surface area contributed by atoms with Crippen molar-refractivity contribution in [3.63, 3.8) is 0 Å². The molecule has 1 aromatic carbocycles. The van der Waals surface area contributed by atoms with Crippen LogP contribution in [0.25, 0.3) is 0 Å². The summed E-state index contributed by atoms with van der Waals surface area (Å²) in [5, 5.41) is 0.418. The number of nitrogens with zero attached hydrogens (tertiary/aromatic N) is 1. The smallest absolute Gasteiger partial charge is 0.338 e. The molecule has 0 aliphatic carbocycles. The molecule has 1 heterocycles. The van der Waals surface area contributed by atoms with Gasteiger partial charge in [-0.1, -0.05) is 17.7 Å².